The van der Waals surface area contributed by atoms with E-state index in [1.165, 1.54) is 5.56 Å². The minimum absolute atomic E-state index is 0.190. The molecular formula is C16H22ClN3O. The molecule has 2 rings (SSSR count). The molecule has 1 heterocycles. The van der Waals surface area contributed by atoms with Crippen molar-refractivity contribution in [2.75, 3.05) is 0 Å². The largest absolute Gasteiger partial charge is 0.489 e. The molecule has 1 atom stereocenters. The summed E-state index contributed by atoms with van der Waals surface area (Å²) in [6.07, 6.45) is 1.83. The topological polar surface area (TPSA) is 53.1 Å². The molecule has 0 bridgehead atoms. The third-order valence-corrected chi connectivity index (χ3v) is 4.05. The molecule has 5 heteroatoms. The summed E-state index contributed by atoms with van der Waals surface area (Å²) in [5.74, 6) is 0.829. The van der Waals surface area contributed by atoms with E-state index in [1.807, 2.05) is 32.2 Å². The summed E-state index contributed by atoms with van der Waals surface area (Å²) in [4.78, 5) is 0. The lowest BCUT2D eigenvalue weighted by Crippen LogP contribution is -2.21. The maximum absolute atomic E-state index is 6.20. The fourth-order valence-electron chi connectivity index (χ4n) is 2.20. The van der Waals surface area contributed by atoms with Gasteiger partial charge in [-0.15, -0.1) is 0 Å². The van der Waals surface area contributed by atoms with E-state index in [-0.39, 0.29) is 6.04 Å². The average molecular weight is 308 g/mol. The summed E-state index contributed by atoms with van der Waals surface area (Å²) in [5, 5.41) is 4.90. The molecule has 4 nitrogen and oxygen atoms in total. The third kappa shape index (κ3) is 3.99. The molecule has 1 aromatic heterocycles. The minimum Gasteiger partial charge on any atom is -0.489 e. The van der Waals surface area contributed by atoms with E-state index in [2.05, 4.69) is 18.1 Å². The summed E-state index contributed by atoms with van der Waals surface area (Å²) in [6.45, 7) is 4.45. The van der Waals surface area contributed by atoms with E-state index in [9.17, 15) is 0 Å². The molecular weight excluding hydrogens is 286 g/mol. The molecule has 0 saturated heterocycles. The van der Waals surface area contributed by atoms with Gasteiger partial charge in [-0.25, -0.2) is 0 Å². The quantitative estimate of drug-likeness (QED) is 0.891. The number of nitrogens with two attached hydrogens (primary N) is 1. The van der Waals surface area contributed by atoms with E-state index in [0.717, 1.165) is 29.8 Å². The van der Waals surface area contributed by atoms with Gasteiger partial charge in [0.1, 0.15) is 17.5 Å². The lowest BCUT2D eigenvalue weighted by Gasteiger charge is -2.11. The number of ether oxygens (including phenoxy) is 1. The lowest BCUT2D eigenvalue weighted by atomic mass is 10.0. The van der Waals surface area contributed by atoms with Crippen molar-refractivity contribution in [3.8, 4) is 5.75 Å². The molecule has 21 heavy (non-hydrogen) atoms. The van der Waals surface area contributed by atoms with Crippen LogP contribution in [-0.4, -0.2) is 15.8 Å². The molecule has 1 unspecified atom stereocenters. The van der Waals surface area contributed by atoms with Gasteiger partial charge in [0, 0.05) is 18.7 Å². The number of nitrogens with zero attached hydrogens (tertiary/aromatic N) is 2. The van der Waals surface area contributed by atoms with Gasteiger partial charge in [-0.2, -0.15) is 5.10 Å². The summed E-state index contributed by atoms with van der Waals surface area (Å²) >= 11 is 6.20. The molecule has 0 fully saturated rings. The van der Waals surface area contributed by atoms with Crippen molar-refractivity contribution in [1.82, 2.24) is 9.78 Å². The fraction of sp³-hybridized carbons (Fsp3) is 0.438. The number of hydrogen-bond donors (Lipinski definition) is 1. The van der Waals surface area contributed by atoms with Crippen molar-refractivity contribution in [3.05, 3.63) is 46.2 Å². The summed E-state index contributed by atoms with van der Waals surface area (Å²) in [5.41, 5.74) is 9.00. The highest BCUT2D eigenvalue weighted by molar-refractivity contribution is 6.30. The van der Waals surface area contributed by atoms with E-state index in [0.29, 0.717) is 11.8 Å². The van der Waals surface area contributed by atoms with Crippen LogP contribution in [0.2, 0.25) is 5.15 Å². The van der Waals surface area contributed by atoms with Crippen molar-refractivity contribution in [1.29, 1.82) is 0 Å². The zero-order chi connectivity index (χ0) is 15.4. The second kappa shape index (κ2) is 6.96. The number of aromatic nitrogens is 2. The summed E-state index contributed by atoms with van der Waals surface area (Å²) in [7, 11) is 1.82. The Labute approximate surface area is 130 Å². The van der Waals surface area contributed by atoms with Crippen molar-refractivity contribution >= 4 is 11.6 Å². The molecule has 0 aliphatic heterocycles. The van der Waals surface area contributed by atoms with Crippen LogP contribution < -0.4 is 10.5 Å². The monoisotopic (exact) mass is 307 g/mol. The van der Waals surface area contributed by atoms with Crippen LogP contribution in [0, 0.1) is 6.92 Å². The Morgan fingerprint density at radius 1 is 1.43 bits per heavy atom. The molecule has 2 N–H and O–H groups in total. The number of benzene rings is 1. The SMILES string of the molecule is CCC(N)Cc1cccc(OCc2c(C)nn(C)c2Cl)c1. The first-order chi connectivity index (χ1) is 10.0. The fourth-order valence-corrected chi connectivity index (χ4v) is 2.43. The number of rotatable bonds is 6. The Hall–Kier alpha value is -1.52. The van der Waals surface area contributed by atoms with Crippen molar-refractivity contribution in [2.24, 2.45) is 12.8 Å². The lowest BCUT2D eigenvalue weighted by molar-refractivity contribution is 0.305. The number of aryl methyl sites for hydroxylation is 2. The van der Waals surface area contributed by atoms with Gasteiger partial charge in [0.2, 0.25) is 0 Å². The highest BCUT2D eigenvalue weighted by atomic mass is 35.5. The Morgan fingerprint density at radius 2 is 2.19 bits per heavy atom. The molecule has 1 aromatic carbocycles. The van der Waals surface area contributed by atoms with Gasteiger partial charge in [0.25, 0.3) is 0 Å². The normalized spacial score (nSPS) is 12.4. The van der Waals surface area contributed by atoms with Crippen LogP contribution in [0.1, 0.15) is 30.2 Å². The van der Waals surface area contributed by atoms with Crippen molar-refractivity contribution in [2.45, 2.75) is 39.3 Å². The maximum atomic E-state index is 6.20. The zero-order valence-corrected chi connectivity index (χ0v) is 13.5. The summed E-state index contributed by atoms with van der Waals surface area (Å²) in [6, 6.07) is 8.24. The Kier molecular flexibility index (Phi) is 5.26. The van der Waals surface area contributed by atoms with Gasteiger partial charge >= 0.3 is 0 Å². The number of hydrogen-bond acceptors (Lipinski definition) is 3. The molecule has 0 saturated carbocycles. The first-order valence-corrected chi connectivity index (χ1v) is 7.54. The maximum Gasteiger partial charge on any atom is 0.133 e. The van der Waals surface area contributed by atoms with E-state index in [4.69, 9.17) is 22.1 Å². The van der Waals surface area contributed by atoms with Crippen molar-refractivity contribution in [3.63, 3.8) is 0 Å². The second-order valence-electron chi connectivity index (χ2n) is 5.29. The highest BCUT2D eigenvalue weighted by Crippen LogP contribution is 2.22. The summed E-state index contributed by atoms with van der Waals surface area (Å²) < 4.78 is 7.50. The molecule has 0 spiro atoms. The highest BCUT2D eigenvalue weighted by Gasteiger charge is 2.12. The standard InChI is InChI=1S/C16H22ClN3O/c1-4-13(18)8-12-6-5-7-14(9-12)21-10-15-11(2)19-20(3)16(15)17/h5-7,9,13H,4,8,10,18H2,1-3H3. The molecule has 0 aliphatic rings. The molecule has 0 radical (unpaired) electrons. The Balaban J connectivity index is 2.05. The first kappa shape index (κ1) is 15.9. The van der Waals surface area contributed by atoms with Crippen LogP contribution in [0.25, 0.3) is 0 Å². The molecule has 114 valence electrons. The van der Waals surface area contributed by atoms with Crippen molar-refractivity contribution < 1.29 is 4.74 Å². The predicted octanol–water partition coefficient (Wildman–Crippen LogP) is 3.24. The molecule has 2 aromatic rings. The number of halogens is 1. The van der Waals surface area contributed by atoms with Crippen LogP contribution in [0.4, 0.5) is 0 Å². The van der Waals surface area contributed by atoms with Gasteiger partial charge in [-0.1, -0.05) is 30.7 Å². The van der Waals surface area contributed by atoms with Crippen LogP contribution in [0.3, 0.4) is 0 Å². The Morgan fingerprint density at radius 3 is 2.81 bits per heavy atom. The Bertz CT molecular complexity index is 610. The first-order valence-electron chi connectivity index (χ1n) is 7.16. The van der Waals surface area contributed by atoms with Gasteiger partial charge in [0.05, 0.1) is 5.69 Å². The van der Waals surface area contributed by atoms with Crippen LogP contribution in [0.15, 0.2) is 24.3 Å². The van der Waals surface area contributed by atoms with Gasteiger partial charge in [-0.3, -0.25) is 4.68 Å². The predicted molar refractivity (Wildman–Crippen MR) is 85.7 cm³/mol. The third-order valence-electron chi connectivity index (χ3n) is 3.57. The zero-order valence-electron chi connectivity index (χ0n) is 12.8. The minimum atomic E-state index is 0.190. The van der Waals surface area contributed by atoms with Crippen LogP contribution in [-0.2, 0) is 20.1 Å². The smallest absolute Gasteiger partial charge is 0.133 e. The van der Waals surface area contributed by atoms with Gasteiger partial charge < -0.3 is 10.5 Å². The van der Waals surface area contributed by atoms with E-state index in [1.54, 1.807) is 4.68 Å². The second-order valence-corrected chi connectivity index (χ2v) is 5.64. The van der Waals surface area contributed by atoms with Crippen LogP contribution in [0.5, 0.6) is 5.75 Å². The van der Waals surface area contributed by atoms with Gasteiger partial charge in [-0.05, 0) is 37.5 Å². The van der Waals surface area contributed by atoms with Gasteiger partial charge in [0.15, 0.2) is 0 Å². The molecule has 0 amide bonds. The van der Waals surface area contributed by atoms with E-state index >= 15 is 0 Å². The van der Waals surface area contributed by atoms with E-state index < -0.39 is 0 Å². The molecule has 0 aliphatic carbocycles. The average Bonchev–Trinajstić information content (AvgIpc) is 2.70. The van der Waals surface area contributed by atoms with Crippen LogP contribution >= 0.6 is 11.6 Å².